The van der Waals surface area contributed by atoms with Crippen LogP contribution in [0, 0.1) is 0 Å². The van der Waals surface area contributed by atoms with Crippen LogP contribution in [0.2, 0.25) is 0 Å². The molecule has 0 unspecified atom stereocenters. The zero-order valence-electron chi connectivity index (χ0n) is 17.8. The van der Waals surface area contributed by atoms with Gasteiger partial charge in [-0.2, -0.15) is 0 Å². The molecular formula is C26H20N4O3. The summed E-state index contributed by atoms with van der Waals surface area (Å²) in [7, 11) is 1.51. The second-order valence-electron chi connectivity index (χ2n) is 7.00. The van der Waals surface area contributed by atoms with Crippen LogP contribution in [0.5, 0.6) is 5.75 Å². The smallest absolute Gasteiger partial charge is 0.255 e. The zero-order valence-corrected chi connectivity index (χ0v) is 17.8. The minimum atomic E-state index is -0.324. The highest BCUT2D eigenvalue weighted by Crippen LogP contribution is 2.30. The summed E-state index contributed by atoms with van der Waals surface area (Å²) in [6.07, 6.45) is 1.64. The predicted molar refractivity (Wildman–Crippen MR) is 126 cm³/mol. The summed E-state index contributed by atoms with van der Waals surface area (Å²) in [5, 5.41) is 11.1. The van der Waals surface area contributed by atoms with Crippen LogP contribution in [-0.4, -0.2) is 23.8 Å². The molecule has 162 valence electrons. The number of aromatic nitrogens is 1. The summed E-state index contributed by atoms with van der Waals surface area (Å²) < 4.78 is 5.40. The average molecular weight is 436 g/mol. The fraction of sp³-hybridized carbons (Fsp3) is 0.0385. The first-order valence-electron chi connectivity index (χ1n) is 10.2. The van der Waals surface area contributed by atoms with E-state index >= 15 is 0 Å². The van der Waals surface area contributed by atoms with Crippen molar-refractivity contribution >= 4 is 28.9 Å². The third-order valence-electron chi connectivity index (χ3n) is 4.80. The monoisotopic (exact) mass is 436 g/mol. The Morgan fingerprint density at radius 2 is 1.48 bits per heavy atom. The van der Waals surface area contributed by atoms with Gasteiger partial charge < -0.3 is 10.1 Å². The number of amides is 1. The van der Waals surface area contributed by atoms with Crippen LogP contribution in [0.25, 0.3) is 0 Å². The van der Waals surface area contributed by atoms with Gasteiger partial charge in [-0.3, -0.25) is 9.59 Å². The van der Waals surface area contributed by atoms with Crippen molar-refractivity contribution in [2.24, 2.45) is 10.2 Å². The van der Waals surface area contributed by atoms with Gasteiger partial charge in [-0.1, -0.05) is 48.5 Å². The fourth-order valence-electron chi connectivity index (χ4n) is 3.09. The lowest BCUT2D eigenvalue weighted by Gasteiger charge is -2.11. The number of carbonyl (C=O) groups excluding carboxylic acids is 2. The molecule has 0 aliphatic carbocycles. The molecule has 0 aliphatic heterocycles. The summed E-state index contributed by atoms with van der Waals surface area (Å²) in [5.74, 6) is 0.509. The van der Waals surface area contributed by atoms with Crippen LogP contribution in [0.1, 0.15) is 26.3 Å². The summed E-state index contributed by atoms with van der Waals surface area (Å²) in [4.78, 5) is 29.4. The van der Waals surface area contributed by atoms with Crippen molar-refractivity contribution in [3.63, 3.8) is 0 Å². The Morgan fingerprint density at radius 1 is 0.788 bits per heavy atom. The summed E-state index contributed by atoms with van der Waals surface area (Å²) in [5.41, 5.74) is 2.57. The number of nitrogens with zero attached hydrogens (tertiary/aromatic N) is 3. The molecule has 0 bridgehead atoms. The zero-order chi connectivity index (χ0) is 23.0. The second kappa shape index (κ2) is 10.1. The minimum Gasteiger partial charge on any atom is -0.494 e. The van der Waals surface area contributed by atoms with Crippen LogP contribution in [0.4, 0.5) is 17.2 Å². The number of ketones is 1. The van der Waals surface area contributed by atoms with Crippen molar-refractivity contribution in [2.45, 2.75) is 0 Å². The van der Waals surface area contributed by atoms with Crippen molar-refractivity contribution in [3.05, 3.63) is 114 Å². The van der Waals surface area contributed by atoms with E-state index in [0.717, 1.165) is 0 Å². The lowest BCUT2D eigenvalue weighted by atomic mass is 10.0. The van der Waals surface area contributed by atoms with E-state index in [-0.39, 0.29) is 11.7 Å². The van der Waals surface area contributed by atoms with E-state index < -0.39 is 0 Å². The predicted octanol–water partition coefficient (Wildman–Crippen LogP) is 5.99. The van der Waals surface area contributed by atoms with Crippen molar-refractivity contribution in [2.75, 3.05) is 12.4 Å². The molecule has 7 nitrogen and oxygen atoms in total. The summed E-state index contributed by atoms with van der Waals surface area (Å²) >= 11 is 0. The van der Waals surface area contributed by atoms with E-state index in [9.17, 15) is 9.59 Å². The summed E-state index contributed by atoms with van der Waals surface area (Å²) in [6.45, 7) is 0. The maximum Gasteiger partial charge on any atom is 0.255 e. The molecule has 1 N–H and O–H groups in total. The maximum atomic E-state index is 12.7. The highest BCUT2D eigenvalue weighted by Gasteiger charge is 2.13. The third kappa shape index (κ3) is 5.34. The Kier molecular flexibility index (Phi) is 6.61. The van der Waals surface area contributed by atoms with Gasteiger partial charge in [0.1, 0.15) is 5.75 Å². The molecule has 0 radical (unpaired) electrons. The number of carbonyl (C=O) groups is 2. The number of ether oxygens (including phenoxy) is 1. The highest BCUT2D eigenvalue weighted by atomic mass is 16.5. The number of anilines is 1. The highest BCUT2D eigenvalue weighted by molar-refractivity contribution is 6.10. The van der Waals surface area contributed by atoms with Gasteiger partial charge in [-0.15, -0.1) is 10.2 Å². The molecule has 0 atom stereocenters. The molecule has 7 heteroatoms. The topological polar surface area (TPSA) is 93.0 Å². The largest absolute Gasteiger partial charge is 0.494 e. The van der Waals surface area contributed by atoms with Crippen molar-refractivity contribution < 1.29 is 14.3 Å². The number of hydrogen-bond donors (Lipinski definition) is 1. The Balaban J connectivity index is 1.46. The van der Waals surface area contributed by atoms with Gasteiger partial charge in [0.15, 0.2) is 11.6 Å². The molecule has 33 heavy (non-hydrogen) atoms. The van der Waals surface area contributed by atoms with Gasteiger partial charge in [-0.25, -0.2) is 4.98 Å². The molecule has 1 aromatic heterocycles. The Hall–Kier alpha value is -4.65. The molecule has 1 heterocycles. The van der Waals surface area contributed by atoms with E-state index in [1.54, 1.807) is 72.9 Å². The molecule has 0 spiro atoms. The Labute approximate surface area is 190 Å². The van der Waals surface area contributed by atoms with Crippen LogP contribution in [0.3, 0.4) is 0 Å². The van der Waals surface area contributed by atoms with Crippen LogP contribution in [-0.2, 0) is 0 Å². The lowest BCUT2D eigenvalue weighted by Crippen LogP contribution is -2.13. The standard InChI is InChI=1S/C26H20N4O3/c1-33-23-17-21(29-30-24-9-5-6-16-27-24)14-15-22(23)28-26(32)20-12-10-19(11-13-20)25(31)18-7-3-2-4-8-18/h2-17H,1H3,(H,28,32)/b30-29-. The van der Waals surface area contributed by atoms with Crippen molar-refractivity contribution in [3.8, 4) is 5.75 Å². The number of hydrogen-bond acceptors (Lipinski definition) is 6. The second-order valence-corrected chi connectivity index (χ2v) is 7.00. The molecule has 0 saturated heterocycles. The number of methoxy groups -OCH3 is 1. The van der Waals surface area contributed by atoms with Gasteiger partial charge in [0.25, 0.3) is 5.91 Å². The van der Waals surface area contributed by atoms with E-state index in [1.807, 2.05) is 24.3 Å². The maximum absolute atomic E-state index is 12.7. The molecule has 1 amide bonds. The fourth-order valence-corrected chi connectivity index (χ4v) is 3.09. The van der Waals surface area contributed by atoms with Gasteiger partial charge in [0, 0.05) is 29.0 Å². The minimum absolute atomic E-state index is 0.0975. The number of nitrogens with one attached hydrogen (secondary N) is 1. The number of benzene rings is 3. The average Bonchev–Trinajstić information content (AvgIpc) is 2.88. The van der Waals surface area contributed by atoms with Gasteiger partial charge in [0.05, 0.1) is 18.5 Å². The number of azo groups is 1. The van der Waals surface area contributed by atoms with Gasteiger partial charge >= 0.3 is 0 Å². The normalized spacial score (nSPS) is 10.7. The quantitative estimate of drug-likeness (QED) is 0.284. The van der Waals surface area contributed by atoms with Crippen LogP contribution < -0.4 is 10.1 Å². The molecule has 4 rings (SSSR count). The van der Waals surface area contributed by atoms with E-state index in [2.05, 4.69) is 20.5 Å². The molecule has 4 aromatic rings. The SMILES string of the molecule is COc1cc(/N=N\c2ccccn2)ccc1NC(=O)c1ccc(C(=O)c2ccccc2)cc1. The molecule has 0 aliphatic rings. The first-order chi connectivity index (χ1) is 16.1. The number of pyridine rings is 1. The first kappa shape index (κ1) is 21.6. The number of rotatable bonds is 7. The van der Waals surface area contributed by atoms with Gasteiger partial charge in [-0.05, 0) is 36.4 Å². The Morgan fingerprint density at radius 3 is 2.18 bits per heavy atom. The van der Waals surface area contributed by atoms with Gasteiger partial charge in [0.2, 0.25) is 0 Å². The third-order valence-corrected chi connectivity index (χ3v) is 4.80. The lowest BCUT2D eigenvalue weighted by molar-refractivity contribution is 0.102. The van der Waals surface area contributed by atoms with E-state index in [1.165, 1.54) is 7.11 Å². The Bertz CT molecular complexity index is 1290. The van der Waals surface area contributed by atoms with Crippen molar-refractivity contribution in [1.29, 1.82) is 0 Å². The molecule has 0 saturated carbocycles. The molecule has 3 aromatic carbocycles. The van der Waals surface area contributed by atoms with Crippen LogP contribution >= 0.6 is 0 Å². The summed E-state index contributed by atoms with van der Waals surface area (Å²) in [6, 6.07) is 26.0. The molecule has 0 fully saturated rings. The first-order valence-corrected chi connectivity index (χ1v) is 10.2. The van der Waals surface area contributed by atoms with Crippen LogP contribution in [0.15, 0.2) is 107 Å². The van der Waals surface area contributed by atoms with E-state index in [0.29, 0.717) is 39.6 Å². The molecular weight excluding hydrogens is 416 g/mol. The van der Waals surface area contributed by atoms with Crippen molar-refractivity contribution in [1.82, 2.24) is 4.98 Å². The van der Waals surface area contributed by atoms with E-state index in [4.69, 9.17) is 4.74 Å².